The van der Waals surface area contributed by atoms with Crippen molar-refractivity contribution in [3.8, 4) is 27.9 Å². The minimum Gasteiger partial charge on any atom is -0.497 e. The third kappa shape index (κ3) is 4.20. The standard InChI is InChI=1S/C25H21N3O4S2/c1-15-6-9-20(31-3)19(11-15)28-24(22-5-4-10-33-22)26-27-25(28)34-14-16-12-23(29)32-21-13-17(30-2)7-8-18(16)21/h4-13H,14H2,1-3H3. The molecule has 0 N–H and O–H groups in total. The van der Waals surface area contributed by atoms with Gasteiger partial charge in [-0.1, -0.05) is 23.9 Å². The van der Waals surface area contributed by atoms with Crippen molar-refractivity contribution in [3.05, 3.63) is 81.5 Å². The molecule has 0 saturated carbocycles. The summed E-state index contributed by atoms with van der Waals surface area (Å²) in [5.74, 6) is 2.60. The Hall–Kier alpha value is -3.56. The van der Waals surface area contributed by atoms with Gasteiger partial charge in [0.2, 0.25) is 0 Å². The first kappa shape index (κ1) is 22.2. The maximum atomic E-state index is 12.2. The summed E-state index contributed by atoms with van der Waals surface area (Å²) in [6, 6.07) is 17.0. The van der Waals surface area contributed by atoms with Crippen molar-refractivity contribution in [3.63, 3.8) is 0 Å². The Kier molecular flexibility index (Phi) is 6.12. The van der Waals surface area contributed by atoms with Crippen LogP contribution in [0.15, 0.2) is 74.3 Å². The van der Waals surface area contributed by atoms with E-state index >= 15 is 0 Å². The lowest BCUT2D eigenvalue weighted by Gasteiger charge is -2.14. The monoisotopic (exact) mass is 491 g/mol. The lowest BCUT2D eigenvalue weighted by Crippen LogP contribution is -2.03. The molecule has 172 valence electrons. The van der Waals surface area contributed by atoms with Crippen LogP contribution in [0.1, 0.15) is 11.1 Å². The molecule has 0 radical (unpaired) electrons. The van der Waals surface area contributed by atoms with E-state index in [4.69, 9.17) is 13.9 Å². The number of thioether (sulfide) groups is 1. The molecule has 9 heteroatoms. The molecule has 0 saturated heterocycles. The summed E-state index contributed by atoms with van der Waals surface area (Å²) in [5.41, 5.74) is 2.89. The number of hydrogen-bond acceptors (Lipinski definition) is 8. The molecule has 0 aliphatic rings. The summed E-state index contributed by atoms with van der Waals surface area (Å²) in [5, 5.41) is 12.6. The van der Waals surface area contributed by atoms with Crippen molar-refractivity contribution in [1.29, 1.82) is 0 Å². The average Bonchev–Trinajstić information content (AvgIpc) is 3.51. The lowest BCUT2D eigenvalue weighted by atomic mass is 10.1. The minimum atomic E-state index is -0.405. The van der Waals surface area contributed by atoms with Gasteiger partial charge in [0, 0.05) is 23.3 Å². The summed E-state index contributed by atoms with van der Waals surface area (Å²) in [6.07, 6.45) is 0. The molecular weight excluding hydrogens is 470 g/mol. The third-order valence-corrected chi connectivity index (χ3v) is 7.19. The van der Waals surface area contributed by atoms with Crippen molar-refractivity contribution >= 4 is 34.1 Å². The zero-order valence-corrected chi connectivity index (χ0v) is 20.4. The maximum Gasteiger partial charge on any atom is 0.336 e. The van der Waals surface area contributed by atoms with Crippen LogP contribution in [0.4, 0.5) is 0 Å². The number of nitrogens with zero attached hydrogens (tertiary/aromatic N) is 3. The van der Waals surface area contributed by atoms with E-state index in [1.807, 2.05) is 53.3 Å². The number of ether oxygens (including phenoxy) is 2. The normalized spacial score (nSPS) is 11.1. The quantitative estimate of drug-likeness (QED) is 0.213. The molecule has 0 aliphatic carbocycles. The van der Waals surface area contributed by atoms with Gasteiger partial charge in [-0.05, 0) is 53.8 Å². The number of fused-ring (bicyclic) bond motifs is 1. The fourth-order valence-electron chi connectivity index (χ4n) is 3.72. The highest BCUT2D eigenvalue weighted by atomic mass is 32.2. The van der Waals surface area contributed by atoms with Crippen LogP contribution >= 0.6 is 23.1 Å². The predicted octanol–water partition coefficient (Wildman–Crippen LogP) is 5.72. The summed E-state index contributed by atoms with van der Waals surface area (Å²) in [4.78, 5) is 13.2. The molecule has 34 heavy (non-hydrogen) atoms. The van der Waals surface area contributed by atoms with E-state index in [1.54, 1.807) is 31.6 Å². The van der Waals surface area contributed by atoms with E-state index in [1.165, 1.54) is 17.8 Å². The van der Waals surface area contributed by atoms with Crippen LogP contribution in [-0.2, 0) is 5.75 Å². The summed E-state index contributed by atoms with van der Waals surface area (Å²) >= 11 is 3.10. The molecule has 3 aromatic heterocycles. The van der Waals surface area contributed by atoms with Gasteiger partial charge in [-0.3, -0.25) is 4.57 Å². The number of hydrogen-bond donors (Lipinski definition) is 0. The van der Waals surface area contributed by atoms with Crippen LogP contribution in [0.25, 0.3) is 27.4 Å². The van der Waals surface area contributed by atoms with Crippen molar-refractivity contribution in [2.45, 2.75) is 17.8 Å². The van der Waals surface area contributed by atoms with Crippen LogP contribution < -0.4 is 15.1 Å². The average molecular weight is 492 g/mol. The molecule has 7 nitrogen and oxygen atoms in total. The molecule has 0 amide bonds. The first-order chi connectivity index (χ1) is 16.6. The fourth-order valence-corrected chi connectivity index (χ4v) is 5.35. The molecular formula is C25H21N3O4S2. The number of thiophene rings is 1. The Morgan fingerprint density at radius 1 is 1.06 bits per heavy atom. The zero-order chi connectivity index (χ0) is 23.7. The van der Waals surface area contributed by atoms with Gasteiger partial charge in [-0.15, -0.1) is 21.5 Å². The Bertz CT molecular complexity index is 1520. The highest BCUT2D eigenvalue weighted by Crippen LogP contribution is 2.36. The number of rotatable bonds is 7. The van der Waals surface area contributed by atoms with Gasteiger partial charge < -0.3 is 13.9 Å². The number of benzene rings is 2. The zero-order valence-electron chi connectivity index (χ0n) is 18.8. The van der Waals surface area contributed by atoms with E-state index < -0.39 is 5.63 Å². The van der Waals surface area contributed by atoms with Crippen molar-refractivity contribution in [2.75, 3.05) is 14.2 Å². The molecule has 0 unspecified atom stereocenters. The van der Waals surface area contributed by atoms with Crippen molar-refractivity contribution < 1.29 is 13.9 Å². The minimum absolute atomic E-state index is 0.405. The van der Waals surface area contributed by atoms with Crippen molar-refractivity contribution in [1.82, 2.24) is 14.8 Å². The van der Waals surface area contributed by atoms with E-state index in [0.29, 0.717) is 22.2 Å². The fraction of sp³-hybridized carbons (Fsp3) is 0.160. The highest BCUT2D eigenvalue weighted by Gasteiger charge is 2.20. The van der Waals surface area contributed by atoms with E-state index in [9.17, 15) is 4.79 Å². The molecule has 5 rings (SSSR count). The van der Waals surface area contributed by atoms with Gasteiger partial charge in [0.25, 0.3) is 0 Å². The summed E-state index contributed by atoms with van der Waals surface area (Å²) in [7, 11) is 3.23. The number of aromatic nitrogens is 3. The smallest absolute Gasteiger partial charge is 0.336 e. The van der Waals surface area contributed by atoms with Crippen LogP contribution in [0.5, 0.6) is 11.5 Å². The van der Waals surface area contributed by atoms with Crippen LogP contribution in [0, 0.1) is 6.92 Å². The second kappa shape index (κ2) is 9.36. The van der Waals surface area contributed by atoms with Crippen molar-refractivity contribution in [2.24, 2.45) is 0 Å². The number of methoxy groups -OCH3 is 2. The van der Waals surface area contributed by atoms with Crippen LogP contribution in [-0.4, -0.2) is 29.0 Å². The Balaban J connectivity index is 1.59. The highest BCUT2D eigenvalue weighted by molar-refractivity contribution is 7.98. The van der Waals surface area contributed by atoms with Gasteiger partial charge in [0.05, 0.1) is 24.8 Å². The Morgan fingerprint density at radius 3 is 2.71 bits per heavy atom. The summed E-state index contributed by atoms with van der Waals surface area (Å²) in [6.45, 7) is 2.04. The molecule has 5 aromatic rings. The van der Waals surface area contributed by atoms with Gasteiger partial charge in [0.15, 0.2) is 11.0 Å². The first-order valence-electron chi connectivity index (χ1n) is 10.5. The molecule has 0 spiro atoms. The number of aryl methyl sites for hydroxylation is 1. The lowest BCUT2D eigenvalue weighted by molar-refractivity contribution is 0.412. The van der Waals surface area contributed by atoms with Gasteiger partial charge >= 0.3 is 5.63 Å². The second-order valence-electron chi connectivity index (χ2n) is 7.54. The Morgan fingerprint density at radius 2 is 1.94 bits per heavy atom. The third-order valence-electron chi connectivity index (χ3n) is 5.34. The van der Waals surface area contributed by atoms with Crippen LogP contribution in [0.2, 0.25) is 0 Å². The second-order valence-corrected chi connectivity index (χ2v) is 9.43. The molecule has 3 heterocycles. The molecule has 2 aromatic carbocycles. The van der Waals surface area contributed by atoms with Gasteiger partial charge in [-0.25, -0.2) is 4.79 Å². The van der Waals surface area contributed by atoms with E-state index in [0.717, 1.165) is 38.7 Å². The van der Waals surface area contributed by atoms with Gasteiger partial charge in [-0.2, -0.15) is 0 Å². The largest absolute Gasteiger partial charge is 0.497 e. The van der Waals surface area contributed by atoms with Gasteiger partial charge in [0.1, 0.15) is 17.1 Å². The van der Waals surface area contributed by atoms with Crippen LogP contribution in [0.3, 0.4) is 0 Å². The molecule has 0 fully saturated rings. The topological polar surface area (TPSA) is 79.4 Å². The predicted molar refractivity (Wildman–Crippen MR) is 135 cm³/mol. The van der Waals surface area contributed by atoms with E-state index in [-0.39, 0.29) is 0 Å². The first-order valence-corrected chi connectivity index (χ1v) is 12.3. The molecule has 0 atom stereocenters. The van der Waals surface area contributed by atoms with E-state index in [2.05, 4.69) is 16.3 Å². The SMILES string of the molecule is COc1ccc2c(CSc3nnc(-c4cccs4)n3-c3cc(C)ccc3OC)cc(=O)oc2c1. The molecule has 0 bridgehead atoms. The summed E-state index contributed by atoms with van der Waals surface area (Å²) < 4.78 is 18.3. The Labute approximate surface area is 204 Å². The molecule has 0 aliphatic heterocycles. The maximum absolute atomic E-state index is 12.2.